The number of carbonyl (C=O) groups is 1. The minimum absolute atomic E-state index is 0.0422. The van der Waals surface area contributed by atoms with Crippen LogP contribution >= 0.6 is 0 Å². The zero-order valence-electron chi connectivity index (χ0n) is 9.17. The van der Waals surface area contributed by atoms with E-state index in [1.807, 2.05) is 0 Å². The number of rotatable bonds is 2. The maximum Gasteiger partial charge on any atom is 0.335 e. The molecule has 6 heteroatoms. The van der Waals surface area contributed by atoms with E-state index in [-0.39, 0.29) is 11.3 Å². The van der Waals surface area contributed by atoms with Gasteiger partial charge in [0.05, 0.1) is 10.5 Å². The van der Waals surface area contributed by atoms with Crippen molar-refractivity contribution in [2.75, 3.05) is 13.2 Å². The summed E-state index contributed by atoms with van der Waals surface area (Å²) in [4.78, 5) is 19.9. The lowest BCUT2D eigenvalue weighted by atomic mass is 10.2. The Bertz CT molecular complexity index is 343. The van der Waals surface area contributed by atoms with Gasteiger partial charge >= 0.3 is 5.97 Å². The Morgan fingerprint density at radius 1 is 1.24 bits per heavy atom. The molecule has 1 aromatic rings. The lowest BCUT2D eigenvalue weighted by Gasteiger charge is -1.92. The van der Waals surface area contributed by atoms with Gasteiger partial charge in [0.1, 0.15) is 0 Å². The summed E-state index contributed by atoms with van der Waals surface area (Å²) in [6.07, 6.45) is 2.56. The summed E-state index contributed by atoms with van der Waals surface area (Å²) < 4.78 is 4.94. The van der Waals surface area contributed by atoms with Crippen molar-refractivity contribution in [1.82, 2.24) is 0 Å². The summed E-state index contributed by atoms with van der Waals surface area (Å²) in [5, 5.41) is 18.6. The monoisotopic (exact) mass is 239 g/mol. The molecule has 1 heterocycles. The minimum atomic E-state index is -1.09. The molecule has 0 unspecified atom stereocenters. The van der Waals surface area contributed by atoms with Crippen LogP contribution in [-0.4, -0.2) is 29.2 Å². The maximum atomic E-state index is 10.3. The molecule has 0 amide bonds. The van der Waals surface area contributed by atoms with Crippen molar-refractivity contribution in [3.8, 4) is 0 Å². The van der Waals surface area contributed by atoms with Gasteiger partial charge in [-0.2, -0.15) is 0 Å². The zero-order valence-corrected chi connectivity index (χ0v) is 9.17. The van der Waals surface area contributed by atoms with Crippen molar-refractivity contribution in [3.63, 3.8) is 0 Å². The highest BCUT2D eigenvalue weighted by molar-refractivity contribution is 5.87. The molecule has 0 aliphatic carbocycles. The lowest BCUT2D eigenvalue weighted by Crippen LogP contribution is -1.96. The normalized spacial score (nSPS) is 13.6. The Labute approximate surface area is 98.0 Å². The van der Waals surface area contributed by atoms with Gasteiger partial charge in [-0.1, -0.05) is 0 Å². The van der Waals surface area contributed by atoms with Crippen LogP contribution in [0.5, 0.6) is 0 Å². The molecule has 1 saturated heterocycles. The fraction of sp³-hybridized carbons (Fsp3) is 0.364. The summed E-state index contributed by atoms with van der Waals surface area (Å²) in [5.74, 6) is -1.09. The molecular formula is C11H13NO5. The van der Waals surface area contributed by atoms with Gasteiger partial charge in [-0.3, -0.25) is 10.1 Å². The third-order valence-corrected chi connectivity index (χ3v) is 2.15. The van der Waals surface area contributed by atoms with E-state index in [0.717, 1.165) is 25.3 Å². The molecule has 0 radical (unpaired) electrons. The second-order valence-electron chi connectivity index (χ2n) is 3.43. The van der Waals surface area contributed by atoms with E-state index in [2.05, 4.69) is 0 Å². The third-order valence-electron chi connectivity index (χ3n) is 2.15. The van der Waals surface area contributed by atoms with Gasteiger partial charge in [0.25, 0.3) is 5.69 Å². The first-order valence-electron chi connectivity index (χ1n) is 5.17. The van der Waals surface area contributed by atoms with Crippen LogP contribution in [0, 0.1) is 10.1 Å². The predicted octanol–water partition coefficient (Wildman–Crippen LogP) is 2.09. The van der Waals surface area contributed by atoms with E-state index >= 15 is 0 Å². The first-order valence-corrected chi connectivity index (χ1v) is 5.17. The summed E-state index contributed by atoms with van der Waals surface area (Å²) in [6.45, 7) is 2.00. The highest BCUT2D eigenvalue weighted by Crippen LogP contribution is 2.11. The third kappa shape index (κ3) is 4.60. The van der Waals surface area contributed by atoms with Crippen LogP contribution in [0.3, 0.4) is 0 Å². The van der Waals surface area contributed by atoms with E-state index in [1.165, 1.54) is 25.0 Å². The largest absolute Gasteiger partial charge is 0.478 e. The molecule has 1 aromatic carbocycles. The number of non-ortho nitro benzene ring substituents is 1. The van der Waals surface area contributed by atoms with Gasteiger partial charge in [-0.15, -0.1) is 0 Å². The molecular weight excluding hydrogens is 226 g/mol. The van der Waals surface area contributed by atoms with E-state index in [4.69, 9.17) is 9.84 Å². The van der Waals surface area contributed by atoms with Crippen LogP contribution in [-0.2, 0) is 4.74 Å². The molecule has 1 aliphatic heterocycles. The molecule has 0 aromatic heterocycles. The molecule has 0 saturated carbocycles. The van der Waals surface area contributed by atoms with Crippen LogP contribution in [0.2, 0.25) is 0 Å². The Kier molecular flexibility index (Phi) is 5.09. The number of hydrogen-bond donors (Lipinski definition) is 1. The highest BCUT2D eigenvalue weighted by atomic mass is 16.6. The van der Waals surface area contributed by atoms with Crippen LogP contribution in [0.15, 0.2) is 24.3 Å². The van der Waals surface area contributed by atoms with E-state index in [1.54, 1.807) is 0 Å². The van der Waals surface area contributed by atoms with Gasteiger partial charge in [0, 0.05) is 25.3 Å². The quantitative estimate of drug-likeness (QED) is 0.630. The summed E-state index contributed by atoms with van der Waals surface area (Å²) >= 11 is 0. The fourth-order valence-electron chi connectivity index (χ4n) is 1.24. The van der Waals surface area contributed by atoms with Gasteiger partial charge in [-0.25, -0.2) is 4.79 Å². The standard InChI is InChI=1S/C7H5NO4.C4H8O/c9-7(10)5-1-3-6(4-2-5)8(11)12;1-2-4-5-3-1/h1-4H,(H,9,10);1-4H2. The number of carboxylic acid groups (broad SMARTS) is 1. The first kappa shape index (κ1) is 13.1. The summed E-state index contributed by atoms with van der Waals surface area (Å²) in [5.41, 5.74) is -0.0689. The number of benzene rings is 1. The maximum absolute atomic E-state index is 10.3. The predicted molar refractivity (Wildman–Crippen MR) is 60.1 cm³/mol. The Hall–Kier alpha value is -1.95. The summed E-state index contributed by atoms with van der Waals surface area (Å²) in [6, 6.07) is 4.70. The molecule has 92 valence electrons. The van der Waals surface area contributed by atoms with Crippen LogP contribution in [0.25, 0.3) is 0 Å². The fourth-order valence-corrected chi connectivity index (χ4v) is 1.24. The second kappa shape index (κ2) is 6.59. The topological polar surface area (TPSA) is 89.7 Å². The number of aromatic carboxylic acids is 1. The average molecular weight is 239 g/mol. The zero-order chi connectivity index (χ0) is 12.7. The number of hydrogen-bond acceptors (Lipinski definition) is 4. The molecule has 6 nitrogen and oxygen atoms in total. The minimum Gasteiger partial charge on any atom is -0.478 e. The molecule has 1 aliphatic rings. The van der Waals surface area contributed by atoms with E-state index < -0.39 is 10.9 Å². The van der Waals surface area contributed by atoms with Crippen LogP contribution in [0.4, 0.5) is 5.69 Å². The van der Waals surface area contributed by atoms with E-state index in [9.17, 15) is 14.9 Å². The van der Waals surface area contributed by atoms with Crippen molar-refractivity contribution in [1.29, 1.82) is 0 Å². The molecule has 0 bridgehead atoms. The smallest absolute Gasteiger partial charge is 0.335 e. The van der Waals surface area contributed by atoms with Gasteiger partial charge in [-0.05, 0) is 25.0 Å². The molecule has 2 rings (SSSR count). The van der Waals surface area contributed by atoms with Crippen LogP contribution in [0.1, 0.15) is 23.2 Å². The molecule has 1 N–H and O–H groups in total. The SMILES string of the molecule is C1CCOC1.O=C(O)c1ccc([N+](=O)[O-])cc1. The van der Waals surface area contributed by atoms with Crippen molar-refractivity contribution >= 4 is 11.7 Å². The first-order chi connectivity index (χ1) is 8.11. The molecule has 17 heavy (non-hydrogen) atoms. The highest BCUT2D eigenvalue weighted by Gasteiger charge is 2.06. The van der Waals surface area contributed by atoms with Gasteiger partial charge in [0.15, 0.2) is 0 Å². The van der Waals surface area contributed by atoms with Crippen molar-refractivity contribution in [2.24, 2.45) is 0 Å². The Balaban J connectivity index is 0.000000239. The van der Waals surface area contributed by atoms with Gasteiger partial charge < -0.3 is 9.84 Å². The molecule has 1 fully saturated rings. The van der Waals surface area contributed by atoms with Crippen molar-refractivity contribution in [3.05, 3.63) is 39.9 Å². The molecule has 0 atom stereocenters. The number of nitro benzene ring substituents is 1. The number of nitro groups is 1. The number of carboxylic acids is 1. The van der Waals surface area contributed by atoms with Crippen LogP contribution < -0.4 is 0 Å². The Morgan fingerprint density at radius 2 is 1.76 bits per heavy atom. The molecule has 0 spiro atoms. The summed E-state index contributed by atoms with van der Waals surface area (Å²) in [7, 11) is 0. The second-order valence-corrected chi connectivity index (χ2v) is 3.43. The lowest BCUT2D eigenvalue weighted by molar-refractivity contribution is -0.384. The van der Waals surface area contributed by atoms with Crippen molar-refractivity contribution < 1.29 is 19.6 Å². The Morgan fingerprint density at radius 3 is 2.06 bits per heavy atom. The van der Waals surface area contributed by atoms with E-state index in [0.29, 0.717) is 0 Å². The van der Waals surface area contributed by atoms with Gasteiger partial charge in [0.2, 0.25) is 0 Å². The number of nitrogens with zero attached hydrogens (tertiary/aromatic N) is 1. The van der Waals surface area contributed by atoms with Crippen molar-refractivity contribution in [2.45, 2.75) is 12.8 Å². The average Bonchev–Trinajstić information content (AvgIpc) is 2.87. The number of ether oxygens (including phenoxy) is 1.